The van der Waals surface area contributed by atoms with Crippen LogP contribution in [0.5, 0.6) is 0 Å². The lowest BCUT2D eigenvalue weighted by molar-refractivity contribution is -0.120. The molecular formula is C22H30N4O2. The first-order valence-electron chi connectivity index (χ1n) is 9.41. The van der Waals surface area contributed by atoms with Crippen molar-refractivity contribution in [2.24, 2.45) is 5.11 Å². The molecule has 6 nitrogen and oxygen atoms in total. The van der Waals surface area contributed by atoms with E-state index in [1.807, 2.05) is 74.5 Å². The van der Waals surface area contributed by atoms with Crippen LogP contribution in [-0.4, -0.2) is 25.3 Å². The van der Waals surface area contributed by atoms with Gasteiger partial charge in [-0.15, -0.1) is 0 Å². The van der Waals surface area contributed by atoms with Crippen LogP contribution in [0.25, 0.3) is 10.4 Å². The summed E-state index contributed by atoms with van der Waals surface area (Å²) in [6.07, 6.45) is 3.05. The fourth-order valence-electron chi connectivity index (χ4n) is 2.10. The van der Waals surface area contributed by atoms with E-state index in [9.17, 15) is 9.59 Å². The van der Waals surface area contributed by atoms with Gasteiger partial charge in [-0.2, -0.15) is 0 Å². The lowest BCUT2D eigenvalue weighted by Crippen LogP contribution is -2.25. The zero-order valence-electron chi connectivity index (χ0n) is 17.0. The smallest absolute Gasteiger partial charge is 0.224 e. The largest absolute Gasteiger partial charge is 0.356 e. The molecule has 0 saturated carbocycles. The van der Waals surface area contributed by atoms with Gasteiger partial charge in [0.25, 0.3) is 0 Å². The van der Waals surface area contributed by atoms with Gasteiger partial charge in [-0.1, -0.05) is 79.6 Å². The summed E-state index contributed by atoms with van der Waals surface area (Å²) in [5, 5.41) is 5.76. The maximum Gasteiger partial charge on any atom is 0.224 e. The average Bonchev–Trinajstić information content (AvgIpc) is 2.74. The second kappa shape index (κ2) is 17.3. The summed E-state index contributed by atoms with van der Waals surface area (Å²) in [5.74, 6) is 0.348. The fraction of sp³-hybridized carbons (Fsp3) is 0.364. The van der Waals surface area contributed by atoms with Crippen LogP contribution in [0.4, 0.5) is 0 Å². The van der Waals surface area contributed by atoms with Crippen LogP contribution in [0.2, 0.25) is 0 Å². The van der Waals surface area contributed by atoms with E-state index >= 15 is 0 Å². The molecule has 0 aliphatic rings. The predicted octanol–water partition coefficient (Wildman–Crippen LogP) is 5.35. The number of ketones is 1. The highest BCUT2D eigenvalue weighted by Crippen LogP contribution is 2.03. The lowest BCUT2D eigenvalue weighted by Gasteiger charge is -2.02. The van der Waals surface area contributed by atoms with Crippen molar-refractivity contribution in [3.05, 3.63) is 82.2 Å². The van der Waals surface area contributed by atoms with Crippen molar-refractivity contribution in [1.82, 2.24) is 5.32 Å². The molecule has 0 spiro atoms. The molecule has 150 valence electrons. The Morgan fingerprint density at radius 2 is 1.50 bits per heavy atom. The Morgan fingerprint density at radius 1 is 0.964 bits per heavy atom. The van der Waals surface area contributed by atoms with E-state index in [2.05, 4.69) is 15.3 Å². The standard InChI is InChI=1S/C11H15NO.C10H12O.CH3N3/c1-2-8-12-11(13)9-10-6-4-3-5-7-10;1-2-6-10(11)9-7-4-3-5-8-9;1-3-4-2/h3-7H,2,8-9H2,1H3,(H,12,13);3-5,7-8H,2,6H2,1H3;1H3. The lowest BCUT2D eigenvalue weighted by atomic mass is 10.1. The molecular weight excluding hydrogens is 352 g/mol. The van der Waals surface area contributed by atoms with Crippen LogP contribution in [0, 0.1) is 0 Å². The first kappa shape index (κ1) is 24.9. The predicted molar refractivity (Wildman–Crippen MR) is 114 cm³/mol. The quantitative estimate of drug-likeness (QED) is 0.302. The second-order valence-electron chi connectivity index (χ2n) is 5.84. The van der Waals surface area contributed by atoms with Crippen LogP contribution in [0.1, 0.15) is 49.0 Å². The molecule has 1 amide bonds. The molecule has 0 bridgehead atoms. The third-order valence-electron chi connectivity index (χ3n) is 3.44. The molecule has 2 aromatic rings. The van der Waals surface area contributed by atoms with E-state index in [1.165, 1.54) is 7.05 Å². The van der Waals surface area contributed by atoms with Crippen molar-refractivity contribution in [1.29, 1.82) is 0 Å². The summed E-state index contributed by atoms with van der Waals surface area (Å²) in [4.78, 5) is 24.9. The number of azide groups is 1. The first-order chi connectivity index (χ1) is 13.6. The number of rotatable bonds is 7. The van der Waals surface area contributed by atoms with E-state index < -0.39 is 0 Å². The minimum atomic E-state index is 0.105. The van der Waals surface area contributed by atoms with E-state index in [-0.39, 0.29) is 11.7 Å². The number of amides is 1. The summed E-state index contributed by atoms with van der Waals surface area (Å²) in [6.45, 7) is 4.83. The number of carbonyl (C=O) groups is 2. The normalized spacial score (nSPS) is 8.82. The van der Waals surface area contributed by atoms with E-state index in [0.29, 0.717) is 12.8 Å². The minimum Gasteiger partial charge on any atom is -0.356 e. The molecule has 0 unspecified atom stereocenters. The van der Waals surface area contributed by atoms with E-state index in [1.54, 1.807) is 0 Å². The number of nitrogens with one attached hydrogen (secondary N) is 1. The van der Waals surface area contributed by atoms with Crippen LogP contribution < -0.4 is 5.32 Å². The Hall–Kier alpha value is -3.11. The minimum absolute atomic E-state index is 0.105. The van der Waals surface area contributed by atoms with Crippen LogP contribution >= 0.6 is 0 Å². The summed E-state index contributed by atoms with van der Waals surface area (Å²) in [7, 11) is 1.39. The maximum absolute atomic E-state index is 11.3. The maximum atomic E-state index is 11.3. The van der Waals surface area contributed by atoms with E-state index in [0.717, 1.165) is 30.5 Å². The van der Waals surface area contributed by atoms with Crippen LogP contribution in [-0.2, 0) is 11.2 Å². The molecule has 0 heterocycles. The number of hydrogen-bond acceptors (Lipinski definition) is 3. The van der Waals surface area contributed by atoms with Crippen molar-refractivity contribution in [2.45, 2.75) is 39.5 Å². The number of hydrogen-bond donors (Lipinski definition) is 1. The van der Waals surface area contributed by atoms with Crippen LogP contribution in [0.15, 0.2) is 65.8 Å². The molecule has 0 radical (unpaired) electrons. The summed E-state index contributed by atoms with van der Waals surface area (Å²) < 4.78 is 0. The Bertz CT molecular complexity index is 712. The molecule has 2 rings (SSSR count). The highest BCUT2D eigenvalue weighted by molar-refractivity contribution is 5.95. The van der Waals surface area contributed by atoms with E-state index in [4.69, 9.17) is 5.53 Å². The van der Waals surface area contributed by atoms with Gasteiger partial charge in [-0.25, -0.2) is 0 Å². The van der Waals surface area contributed by atoms with Crippen molar-refractivity contribution in [3.63, 3.8) is 0 Å². The number of Topliss-reactive ketones (excluding diaryl/α,β-unsaturated/α-hetero) is 1. The molecule has 28 heavy (non-hydrogen) atoms. The fourth-order valence-corrected chi connectivity index (χ4v) is 2.10. The third-order valence-corrected chi connectivity index (χ3v) is 3.44. The molecule has 0 aliphatic heterocycles. The molecule has 1 N–H and O–H groups in total. The molecule has 0 aliphatic carbocycles. The molecule has 0 aromatic heterocycles. The van der Waals surface area contributed by atoms with Crippen molar-refractivity contribution in [2.75, 3.05) is 13.6 Å². The first-order valence-corrected chi connectivity index (χ1v) is 9.41. The van der Waals surface area contributed by atoms with Crippen molar-refractivity contribution in [3.8, 4) is 0 Å². The molecule has 0 saturated heterocycles. The molecule has 6 heteroatoms. The van der Waals surface area contributed by atoms with Crippen molar-refractivity contribution >= 4 is 11.7 Å². The number of nitrogens with zero attached hydrogens (tertiary/aromatic N) is 3. The SMILES string of the molecule is CCCC(=O)c1ccccc1.CCCNC(=O)Cc1ccccc1.CN=[N+]=[N-]. The molecule has 0 atom stereocenters. The van der Waals surface area contributed by atoms with Crippen LogP contribution in [0.3, 0.4) is 0 Å². The van der Waals surface area contributed by atoms with Gasteiger partial charge in [0.2, 0.25) is 5.91 Å². The Kier molecular flexibility index (Phi) is 15.4. The summed E-state index contributed by atoms with van der Waals surface area (Å²) >= 11 is 0. The summed E-state index contributed by atoms with van der Waals surface area (Å²) in [5.41, 5.74) is 9.23. The second-order valence-corrected chi connectivity index (χ2v) is 5.84. The highest BCUT2D eigenvalue weighted by atomic mass is 16.1. The zero-order chi connectivity index (χ0) is 21.0. The monoisotopic (exact) mass is 382 g/mol. The van der Waals surface area contributed by atoms with Gasteiger partial charge in [0.1, 0.15) is 0 Å². The summed E-state index contributed by atoms with van der Waals surface area (Å²) in [6, 6.07) is 19.2. The molecule has 2 aromatic carbocycles. The Labute approximate surface area is 167 Å². The van der Waals surface area contributed by atoms with Gasteiger partial charge >= 0.3 is 0 Å². The van der Waals surface area contributed by atoms with Crippen molar-refractivity contribution < 1.29 is 9.59 Å². The zero-order valence-corrected chi connectivity index (χ0v) is 17.0. The third kappa shape index (κ3) is 13.1. The van der Waals surface area contributed by atoms with Gasteiger partial charge in [-0.05, 0) is 23.9 Å². The highest BCUT2D eigenvalue weighted by Gasteiger charge is 2.01. The van der Waals surface area contributed by atoms with Gasteiger partial charge in [0, 0.05) is 30.5 Å². The van der Waals surface area contributed by atoms with Gasteiger partial charge in [-0.3, -0.25) is 9.59 Å². The Morgan fingerprint density at radius 3 is 1.96 bits per heavy atom. The van der Waals surface area contributed by atoms with Gasteiger partial charge in [0.15, 0.2) is 5.78 Å². The Balaban J connectivity index is 0.000000442. The number of carbonyl (C=O) groups excluding carboxylic acids is 2. The average molecular weight is 383 g/mol. The van der Waals surface area contributed by atoms with Gasteiger partial charge < -0.3 is 5.32 Å². The topological polar surface area (TPSA) is 94.9 Å². The van der Waals surface area contributed by atoms with Gasteiger partial charge in [0.05, 0.1) is 6.42 Å². The molecule has 0 fully saturated rings. The number of benzene rings is 2.